The average Bonchev–Trinajstić information content (AvgIpc) is 2.42. The lowest BCUT2D eigenvalue weighted by Gasteiger charge is -2.11. The van der Waals surface area contributed by atoms with E-state index in [2.05, 4.69) is 9.97 Å². The standard InChI is InChI=1S/C15H19N3OS/c1-9-10(2)17-15(18-11(9)3)20-8-14(19)12-5-4-6-13(16)7-12/h4-7,14,19H,8,16H2,1-3H3. The second-order valence-electron chi connectivity index (χ2n) is 4.80. The minimum atomic E-state index is -0.575. The summed E-state index contributed by atoms with van der Waals surface area (Å²) in [7, 11) is 0. The van der Waals surface area contributed by atoms with Crippen LogP contribution in [0.5, 0.6) is 0 Å². The number of aliphatic hydroxyl groups excluding tert-OH is 1. The molecule has 0 aliphatic carbocycles. The molecule has 1 atom stereocenters. The third-order valence-corrected chi connectivity index (χ3v) is 4.20. The van der Waals surface area contributed by atoms with Crippen molar-refractivity contribution in [2.24, 2.45) is 0 Å². The van der Waals surface area contributed by atoms with E-state index in [-0.39, 0.29) is 0 Å². The summed E-state index contributed by atoms with van der Waals surface area (Å²) in [5.41, 5.74) is 10.3. The molecule has 3 N–H and O–H groups in total. The molecule has 1 unspecified atom stereocenters. The Morgan fingerprint density at radius 2 is 1.85 bits per heavy atom. The largest absolute Gasteiger partial charge is 0.399 e. The van der Waals surface area contributed by atoms with E-state index in [1.165, 1.54) is 11.8 Å². The van der Waals surface area contributed by atoms with E-state index >= 15 is 0 Å². The van der Waals surface area contributed by atoms with E-state index in [4.69, 9.17) is 5.73 Å². The molecule has 2 aromatic rings. The lowest BCUT2D eigenvalue weighted by molar-refractivity contribution is 0.204. The van der Waals surface area contributed by atoms with E-state index in [1.54, 1.807) is 12.1 Å². The third kappa shape index (κ3) is 3.49. The molecule has 106 valence electrons. The molecule has 20 heavy (non-hydrogen) atoms. The van der Waals surface area contributed by atoms with Gasteiger partial charge in [-0.3, -0.25) is 0 Å². The third-order valence-electron chi connectivity index (χ3n) is 3.28. The number of nitrogen functional groups attached to an aromatic ring is 1. The number of hydrogen-bond donors (Lipinski definition) is 2. The van der Waals surface area contributed by atoms with E-state index in [0.29, 0.717) is 16.6 Å². The topological polar surface area (TPSA) is 72.0 Å². The lowest BCUT2D eigenvalue weighted by atomic mass is 10.1. The smallest absolute Gasteiger partial charge is 0.188 e. The maximum Gasteiger partial charge on any atom is 0.188 e. The van der Waals surface area contributed by atoms with Gasteiger partial charge in [0, 0.05) is 22.8 Å². The summed E-state index contributed by atoms with van der Waals surface area (Å²) in [6.07, 6.45) is -0.575. The Morgan fingerprint density at radius 1 is 1.20 bits per heavy atom. The molecule has 1 heterocycles. The van der Waals surface area contributed by atoms with Gasteiger partial charge < -0.3 is 10.8 Å². The maximum atomic E-state index is 10.2. The Labute approximate surface area is 123 Å². The first-order valence-electron chi connectivity index (χ1n) is 6.45. The first-order chi connectivity index (χ1) is 9.47. The molecule has 5 heteroatoms. The van der Waals surface area contributed by atoms with Crippen molar-refractivity contribution in [2.75, 3.05) is 11.5 Å². The molecule has 0 saturated heterocycles. The zero-order valence-electron chi connectivity index (χ0n) is 11.9. The van der Waals surface area contributed by atoms with Crippen LogP contribution in [0.25, 0.3) is 0 Å². The number of thioether (sulfide) groups is 1. The number of nitrogens with zero attached hydrogens (tertiary/aromatic N) is 2. The molecule has 1 aromatic heterocycles. The molecule has 0 radical (unpaired) electrons. The van der Waals surface area contributed by atoms with E-state index < -0.39 is 6.10 Å². The summed E-state index contributed by atoms with van der Waals surface area (Å²) >= 11 is 1.45. The van der Waals surface area contributed by atoms with Crippen molar-refractivity contribution in [3.8, 4) is 0 Å². The van der Waals surface area contributed by atoms with Gasteiger partial charge in [-0.05, 0) is 44.0 Å². The highest BCUT2D eigenvalue weighted by atomic mass is 32.2. The zero-order chi connectivity index (χ0) is 14.7. The van der Waals surface area contributed by atoms with Crippen LogP contribution in [0.1, 0.15) is 28.6 Å². The van der Waals surface area contributed by atoms with Crippen molar-refractivity contribution in [2.45, 2.75) is 32.0 Å². The van der Waals surface area contributed by atoms with Gasteiger partial charge in [0.25, 0.3) is 0 Å². The van der Waals surface area contributed by atoms with Crippen molar-refractivity contribution >= 4 is 17.4 Å². The van der Waals surface area contributed by atoms with Crippen LogP contribution >= 0.6 is 11.8 Å². The fraction of sp³-hybridized carbons (Fsp3) is 0.333. The minimum Gasteiger partial charge on any atom is -0.399 e. The van der Waals surface area contributed by atoms with Crippen LogP contribution in [0.2, 0.25) is 0 Å². The van der Waals surface area contributed by atoms with Crippen molar-refractivity contribution in [1.29, 1.82) is 0 Å². The molecule has 0 saturated carbocycles. The normalized spacial score (nSPS) is 12.4. The Hall–Kier alpha value is -1.59. The quantitative estimate of drug-likeness (QED) is 0.514. The van der Waals surface area contributed by atoms with Gasteiger partial charge in [0.15, 0.2) is 5.16 Å². The van der Waals surface area contributed by atoms with E-state index in [9.17, 15) is 5.11 Å². The number of hydrogen-bond acceptors (Lipinski definition) is 5. The van der Waals surface area contributed by atoms with Crippen molar-refractivity contribution in [1.82, 2.24) is 9.97 Å². The number of benzene rings is 1. The van der Waals surface area contributed by atoms with Gasteiger partial charge in [-0.25, -0.2) is 9.97 Å². The molecule has 2 rings (SSSR count). The monoisotopic (exact) mass is 289 g/mol. The Kier molecular flexibility index (Phi) is 4.62. The van der Waals surface area contributed by atoms with Gasteiger partial charge in [0.05, 0.1) is 6.10 Å². The fourth-order valence-electron chi connectivity index (χ4n) is 1.82. The van der Waals surface area contributed by atoms with Crippen LogP contribution in [-0.4, -0.2) is 20.8 Å². The van der Waals surface area contributed by atoms with Gasteiger partial charge in [0.2, 0.25) is 0 Å². The first kappa shape index (κ1) is 14.8. The van der Waals surface area contributed by atoms with Gasteiger partial charge in [-0.1, -0.05) is 23.9 Å². The summed E-state index contributed by atoms with van der Waals surface area (Å²) in [6, 6.07) is 7.31. The molecule has 0 aliphatic heterocycles. The summed E-state index contributed by atoms with van der Waals surface area (Å²) < 4.78 is 0. The fourth-order valence-corrected chi connectivity index (χ4v) is 2.72. The number of aromatic nitrogens is 2. The summed E-state index contributed by atoms with van der Waals surface area (Å²) in [6.45, 7) is 5.96. The molecule has 4 nitrogen and oxygen atoms in total. The highest BCUT2D eigenvalue weighted by Gasteiger charge is 2.11. The lowest BCUT2D eigenvalue weighted by Crippen LogP contribution is -2.04. The molecule has 0 amide bonds. The van der Waals surface area contributed by atoms with E-state index in [0.717, 1.165) is 22.5 Å². The SMILES string of the molecule is Cc1nc(SCC(O)c2cccc(N)c2)nc(C)c1C. The van der Waals surface area contributed by atoms with Gasteiger partial charge in [-0.15, -0.1) is 0 Å². The van der Waals surface area contributed by atoms with Crippen molar-refractivity contribution in [3.63, 3.8) is 0 Å². The molecule has 0 bridgehead atoms. The number of rotatable bonds is 4. The predicted octanol–water partition coefficient (Wildman–Crippen LogP) is 2.81. The van der Waals surface area contributed by atoms with Crippen LogP contribution < -0.4 is 5.73 Å². The Morgan fingerprint density at radius 3 is 2.45 bits per heavy atom. The highest BCUT2D eigenvalue weighted by molar-refractivity contribution is 7.99. The van der Waals surface area contributed by atoms with Crippen LogP contribution in [0.3, 0.4) is 0 Å². The second-order valence-corrected chi connectivity index (χ2v) is 5.79. The number of anilines is 1. The van der Waals surface area contributed by atoms with Gasteiger partial charge in [-0.2, -0.15) is 0 Å². The van der Waals surface area contributed by atoms with Gasteiger partial charge in [0.1, 0.15) is 0 Å². The summed E-state index contributed by atoms with van der Waals surface area (Å²) in [5.74, 6) is 0.505. The number of aryl methyl sites for hydroxylation is 2. The molecular weight excluding hydrogens is 270 g/mol. The predicted molar refractivity (Wildman–Crippen MR) is 82.8 cm³/mol. The molecular formula is C15H19N3OS. The van der Waals surface area contributed by atoms with E-state index in [1.807, 2.05) is 32.9 Å². The van der Waals surface area contributed by atoms with Crippen molar-refractivity contribution < 1.29 is 5.11 Å². The molecule has 1 aromatic carbocycles. The molecule has 0 spiro atoms. The maximum absolute atomic E-state index is 10.2. The number of aliphatic hydroxyl groups is 1. The average molecular weight is 289 g/mol. The highest BCUT2D eigenvalue weighted by Crippen LogP contribution is 2.24. The Balaban J connectivity index is 2.05. The van der Waals surface area contributed by atoms with Crippen LogP contribution in [0, 0.1) is 20.8 Å². The van der Waals surface area contributed by atoms with Gasteiger partial charge >= 0.3 is 0 Å². The summed E-state index contributed by atoms with van der Waals surface area (Å²) in [5, 5.41) is 10.9. The zero-order valence-corrected chi connectivity index (χ0v) is 12.7. The van der Waals surface area contributed by atoms with Crippen LogP contribution in [0.4, 0.5) is 5.69 Å². The van der Waals surface area contributed by atoms with Crippen LogP contribution in [0.15, 0.2) is 29.4 Å². The number of nitrogens with two attached hydrogens (primary N) is 1. The molecule has 0 fully saturated rings. The second kappa shape index (κ2) is 6.24. The Bertz CT molecular complexity index is 593. The van der Waals surface area contributed by atoms with Crippen LogP contribution in [-0.2, 0) is 0 Å². The molecule has 0 aliphatic rings. The summed E-state index contributed by atoms with van der Waals surface area (Å²) in [4.78, 5) is 8.87. The first-order valence-corrected chi connectivity index (χ1v) is 7.44. The van der Waals surface area contributed by atoms with Crippen molar-refractivity contribution in [3.05, 3.63) is 46.8 Å². The minimum absolute atomic E-state index is 0.505.